The largest absolute Gasteiger partial charge is 0.497 e. The van der Waals surface area contributed by atoms with Crippen LogP contribution in [-0.2, 0) is 23.0 Å². The molecule has 0 radical (unpaired) electrons. The number of imidazole rings is 1. The first kappa shape index (κ1) is 14.8. The lowest BCUT2D eigenvalue weighted by Crippen LogP contribution is -2.04. The Morgan fingerprint density at radius 3 is 2.73 bits per heavy atom. The van der Waals surface area contributed by atoms with E-state index in [1.165, 1.54) is 5.56 Å². The van der Waals surface area contributed by atoms with Crippen LogP contribution in [-0.4, -0.2) is 26.5 Å². The number of fused-ring (bicyclic) bond motifs is 1. The summed E-state index contributed by atoms with van der Waals surface area (Å²) in [4.78, 5) is 4.48. The van der Waals surface area contributed by atoms with Gasteiger partial charge in [-0.3, -0.25) is 4.21 Å². The fraction of sp³-hybridized carbons (Fsp3) is 0.235. The first-order valence-corrected chi connectivity index (χ1v) is 8.64. The van der Waals surface area contributed by atoms with Crippen LogP contribution < -0.4 is 4.74 Å². The van der Waals surface area contributed by atoms with Crippen LogP contribution in [0.2, 0.25) is 0 Å². The van der Waals surface area contributed by atoms with Gasteiger partial charge in [0.05, 0.1) is 18.6 Å². The molecule has 5 heteroatoms. The average Bonchev–Trinajstić information content (AvgIpc) is 2.95. The fourth-order valence-electron chi connectivity index (χ4n) is 2.32. The number of aryl methyl sites for hydroxylation is 1. The molecule has 2 heterocycles. The molecular formula is C17H18N2O2S. The predicted octanol–water partition coefficient (Wildman–Crippen LogP) is 2.83. The van der Waals surface area contributed by atoms with E-state index in [9.17, 15) is 4.21 Å². The number of pyridine rings is 1. The summed E-state index contributed by atoms with van der Waals surface area (Å²) in [5, 5.41) is 0. The van der Waals surface area contributed by atoms with Crippen molar-refractivity contribution in [1.82, 2.24) is 9.38 Å². The maximum absolute atomic E-state index is 12.2. The number of hydrogen-bond acceptors (Lipinski definition) is 3. The standard InChI is InChI=1S/C17H18N2O2S/c1-21-16-7-5-14(6-8-16)9-11-22(20)13-15-12-19-10-3-2-4-17(19)18-15/h2-8,10,12H,9,11,13H2,1H3/t22-/m0/s1. The second-order valence-corrected chi connectivity index (χ2v) is 6.66. The predicted molar refractivity (Wildman–Crippen MR) is 88.6 cm³/mol. The van der Waals surface area contributed by atoms with Gasteiger partial charge in [0.25, 0.3) is 0 Å². The fourth-order valence-corrected chi connectivity index (χ4v) is 3.39. The van der Waals surface area contributed by atoms with Crippen molar-refractivity contribution < 1.29 is 8.95 Å². The van der Waals surface area contributed by atoms with Crippen LogP contribution in [0.4, 0.5) is 0 Å². The van der Waals surface area contributed by atoms with Crippen LogP contribution in [0.1, 0.15) is 11.3 Å². The van der Waals surface area contributed by atoms with E-state index in [4.69, 9.17) is 4.74 Å². The van der Waals surface area contributed by atoms with Gasteiger partial charge >= 0.3 is 0 Å². The van der Waals surface area contributed by atoms with E-state index in [2.05, 4.69) is 4.98 Å². The van der Waals surface area contributed by atoms with Crippen LogP contribution >= 0.6 is 0 Å². The topological polar surface area (TPSA) is 43.6 Å². The molecule has 0 N–H and O–H groups in total. The van der Waals surface area contributed by atoms with Crippen molar-refractivity contribution in [3.63, 3.8) is 0 Å². The smallest absolute Gasteiger partial charge is 0.137 e. The molecule has 0 saturated carbocycles. The molecule has 1 atom stereocenters. The van der Waals surface area contributed by atoms with Gasteiger partial charge in [-0.05, 0) is 36.2 Å². The van der Waals surface area contributed by atoms with E-state index in [1.54, 1.807) is 7.11 Å². The molecule has 0 aliphatic rings. The summed E-state index contributed by atoms with van der Waals surface area (Å²) >= 11 is 0. The van der Waals surface area contributed by atoms with E-state index in [1.807, 2.05) is 59.3 Å². The zero-order valence-corrected chi connectivity index (χ0v) is 13.3. The van der Waals surface area contributed by atoms with Crippen LogP contribution in [0.5, 0.6) is 5.75 Å². The SMILES string of the molecule is COc1ccc(CC[S@](=O)Cc2cn3ccccc3n2)cc1. The monoisotopic (exact) mass is 314 g/mol. The lowest BCUT2D eigenvalue weighted by atomic mass is 10.2. The minimum absolute atomic E-state index is 0.498. The second kappa shape index (κ2) is 6.75. The van der Waals surface area contributed by atoms with Gasteiger partial charge in [0.1, 0.15) is 11.4 Å². The van der Waals surface area contributed by atoms with E-state index >= 15 is 0 Å². The minimum atomic E-state index is -0.912. The van der Waals surface area contributed by atoms with Crippen molar-refractivity contribution in [2.45, 2.75) is 12.2 Å². The van der Waals surface area contributed by atoms with Gasteiger partial charge < -0.3 is 9.14 Å². The molecule has 0 aliphatic carbocycles. The molecule has 22 heavy (non-hydrogen) atoms. The first-order valence-electron chi connectivity index (χ1n) is 7.15. The van der Waals surface area contributed by atoms with Crippen LogP contribution in [0.25, 0.3) is 5.65 Å². The zero-order chi connectivity index (χ0) is 15.4. The molecule has 0 aliphatic heterocycles. The number of hydrogen-bond donors (Lipinski definition) is 0. The minimum Gasteiger partial charge on any atom is -0.497 e. The Balaban J connectivity index is 1.57. The van der Waals surface area contributed by atoms with Gasteiger partial charge in [-0.1, -0.05) is 18.2 Å². The highest BCUT2D eigenvalue weighted by Crippen LogP contribution is 2.13. The number of nitrogens with zero attached hydrogens (tertiary/aromatic N) is 2. The highest BCUT2D eigenvalue weighted by Gasteiger charge is 2.07. The van der Waals surface area contributed by atoms with Crippen molar-refractivity contribution in [3.05, 3.63) is 66.1 Å². The van der Waals surface area contributed by atoms with E-state index in [-0.39, 0.29) is 0 Å². The molecule has 4 nitrogen and oxygen atoms in total. The van der Waals surface area contributed by atoms with Crippen LogP contribution in [0.15, 0.2) is 54.9 Å². The Morgan fingerprint density at radius 1 is 1.18 bits per heavy atom. The lowest BCUT2D eigenvalue weighted by Gasteiger charge is -2.03. The van der Waals surface area contributed by atoms with Crippen LogP contribution in [0.3, 0.4) is 0 Å². The number of benzene rings is 1. The second-order valence-electron chi connectivity index (χ2n) is 5.08. The third kappa shape index (κ3) is 3.54. The van der Waals surface area contributed by atoms with Crippen molar-refractivity contribution in [1.29, 1.82) is 0 Å². The summed E-state index contributed by atoms with van der Waals surface area (Å²) in [5.74, 6) is 1.98. The third-order valence-corrected chi connectivity index (χ3v) is 4.78. The summed E-state index contributed by atoms with van der Waals surface area (Å²) in [6.45, 7) is 0. The number of methoxy groups -OCH3 is 1. The molecule has 0 fully saturated rings. The molecular weight excluding hydrogens is 296 g/mol. The summed E-state index contributed by atoms with van der Waals surface area (Å²) < 4.78 is 19.3. The van der Waals surface area contributed by atoms with E-state index in [0.717, 1.165) is 23.5 Å². The number of rotatable bonds is 6. The van der Waals surface area contributed by atoms with Gasteiger partial charge in [-0.2, -0.15) is 0 Å². The van der Waals surface area contributed by atoms with E-state index in [0.29, 0.717) is 11.5 Å². The molecule has 114 valence electrons. The maximum Gasteiger partial charge on any atom is 0.137 e. The molecule has 2 aromatic heterocycles. The molecule has 3 aromatic rings. The third-order valence-electron chi connectivity index (χ3n) is 3.50. The highest BCUT2D eigenvalue weighted by atomic mass is 32.2. The summed E-state index contributed by atoms with van der Waals surface area (Å²) in [7, 11) is 0.739. The molecule has 0 amide bonds. The summed E-state index contributed by atoms with van der Waals surface area (Å²) in [6, 6.07) is 13.7. The average molecular weight is 314 g/mol. The van der Waals surface area contributed by atoms with Crippen LogP contribution in [0, 0.1) is 0 Å². The molecule has 0 unspecified atom stereocenters. The molecule has 0 bridgehead atoms. The van der Waals surface area contributed by atoms with Crippen molar-refractivity contribution >= 4 is 16.4 Å². The van der Waals surface area contributed by atoms with Crippen molar-refractivity contribution in [2.75, 3.05) is 12.9 Å². The first-order chi connectivity index (χ1) is 10.7. The van der Waals surface area contributed by atoms with Gasteiger partial charge in [0.15, 0.2) is 0 Å². The Hall–Kier alpha value is -2.14. The van der Waals surface area contributed by atoms with E-state index < -0.39 is 10.8 Å². The maximum atomic E-state index is 12.2. The number of aromatic nitrogens is 2. The number of ether oxygens (including phenoxy) is 1. The summed E-state index contributed by atoms with van der Waals surface area (Å²) in [6.07, 6.45) is 4.69. The molecule has 1 aromatic carbocycles. The Kier molecular flexibility index (Phi) is 4.53. The highest BCUT2D eigenvalue weighted by molar-refractivity contribution is 7.84. The molecule has 3 rings (SSSR count). The van der Waals surface area contributed by atoms with Gasteiger partial charge in [0.2, 0.25) is 0 Å². The van der Waals surface area contributed by atoms with Gasteiger partial charge in [0, 0.05) is 28.9 Å². The lowest BCUT2D eigenvalue weighted by molar-refractivity contribution is 0.414. The summed E-state index contributed by atoms with van der Waals surface area (Å²) in [5.41, 5.74) is 2.94. The molecule has 0 saturated heterocycles. The Labute approximate surface area is 132 Å². The van der Waals surface area contributed by atoms with Crippen molar-refractivity contribution in [2.24, 2.45) is 0 Å². The molecule has 0 spiro atoms. The Morgan fingerprint density at radius 2 is 2.00 bits per heavy atom. The van der Waals surface area contributed by atoms with Gasteiger partial charge in [-0.25, -0.2) is 4.98 Å². The van der Waals surface area contributed by atoms with Crippen molar-refractivity contribution in [3.8, 4) is 5.75 Å². The zero-order valence-electron chi connectivity index (χ0n) is 12.4. The normalized spacial score (nSPS) is 12.4. The quantitative estimate of drug-likeness (QED) is 0.703. The van der Waals surface area contributed by atoms with Gasteiger partial charge in [-0.15, -0.1) is 0 Å². The Bertz CT molecular complexity index is 748.